The van der Waals surface area contributed by atoms with Crippen LogP contribution in [0.15, 0.2) is 12.1 Å². The van der Waals surface area contributed by atoms with E-state index in [2.05, 4.69) is 11.8 Å². The molecular weight excluding hydrogens is 322 g/mol. The number of carbonyl (C=O) groups is 1. The predicted octanol–water partition coefficient (Wildman–Crippen LogP) is 2.92. The number of hydrogen-bond donors (Lipinski definition) is 0. The molecule has 7 nitrogen and oxygen atoms in total. The summed E-state index contributed by atoms with van der Waals surface area (Å²) in [6.45, 7) is 8.32. The van der Waals surface area contributed by atoms with E-state index in [0.717, 1.165) is 18.5 Å². The molecule has 1 fully saturated rings. The maximum absolute atomic E-state index is 12.2. The normalized spacial score (nSPS) is 25.7. The van der Waals surface area contributed by atoms with Crippen LogP contribution in [0, 0.1) is 15.5 Å². The SMILES string of the molecule is CN1CCC2(C)c3cc(OC(=O)C(C)(C)C)cc([N+](=O)[O-])c3N(C)C12. The molecule has 2 unspecified atom stereocenters. The second-order valence-corrected chi connectivity index (χ2v) is 8.37. The summed E-state index contributed by atoms with van der Waals surface area (Å²) in [5, 5.41) is 11.7. The van der Waals surface area contributed by atoms with E-state index >= 15 is 0 Å². The summed E-state index contributed by atoms with van der Waals surface area (Å²) < 4.78 is 5.47. The Bertz CT molecular complexity index is 755. The van der Waals surface area contributed by atoms with Gasteiger partial charge >= 0.3 is 5.97 Å². The Kier molecular flexibility index (Phi) is 3.83. The van der Waals surface area contributed by atoms with Crippen molar-refractivity contribution in [2.45, 2.75) is 45.7 Å². The summed E-state index contributed by atoms with van der Waals surface area (Å²) in [5.74, 6) is -0.159. The molecule has 0 aliphatic carbocycles. The number of ether oxygens (including phenoxy) is 1. The zero-order chi connectivity index (χ0) is 18.7. The van der Waals surface area contributed by atoms with Crippen molar-refractivity contribution >= 4 is 17.3 Å². The zero-order valence-corrected chi connectivity index (χ0v) is 15.6. The lowest BCUT2D eigenvalue weighted by atomic mass is 9.81. The number of hydrogen-bond acceptors (Lipinski definition) is 6. The first kappa shape index (κ1) is 17.7. The van der Waals surface area contributed by atoms with Gasteiger partial charge in [-0.3, -0.25) is 19.8 Å². The van der Waals surface area contributed by atoms with E-state index in [-0.39, 0.29) is 23.0 Å². The smallest absolute Gasteiger partial charge is 0.316 e. The number of carbonyl (C=O) groups excluding carboxylic acids is 1. The lowest BCUT2D eigenvalue weighted by Gasteiger charge is -2.32. The van der Waals surface area contributed by atoms with Crippen LogP contribution in [0.2, 0.25) is 0 Å². The van der Waals surface area contributed by atoms with Gasteiger partial charge in [-0.05, 0) is 45.9 Å². The Hall–Kier alpha value is -2.15. The number of esters is 1. The Labute approximate surface area is 147 Å². The predicted molar refractivity (Wildman–Crippen MR) is 95.0 cm³/mol. The highest BCUT2D eigenvalue weighted by atomic mass is 16.6. The van der Waals surface area contributed by atoms with Crippen molar-refractivity contribution in [3.63, 3.8) is 0 Å². The molecule has 7 heteroatoms. The summed E-state index contributed by atoms with van der Waals surface area (Å²) in [5.41, 5.74) is 0.592. The second-order valence-electron chi connectivity index (χ2n) is 8.37. The number of likely N-dealkylation sites (N-methyl/N-ethyl adjacent to an activating group) is 2. The van der Waals surface area contributed by atoms with Gasteiger partial charge in [0, 0.05) is 19.0 Å². The molecule has 2 aliphatic rings. The van der Waals surface area contributed by atoms with Crippen molar-refractivity contribution in [3.8, 4) is 5.75 Å². The standard InChI is InChI=1S/C18H25N3O4/c1-17(2,3)16(22)25-11-9-12-14(13(10-11)21(23)24)20(6)15-18(12,4)7-8-19(15)5/h9-10,15H,7-8H2,1-6H3. The van der Waals surface area contributed by atoms with Gasteiger partial charge in [0.05, 0.1) is 22.6 Å². The van der Waals surface area contributed by atoms with Crippen molar-refractivity contribution in [1.82, 2.24) is 4.90 Å². The Morgan fingerprint density at radius 2 is 2.00 bits per heavy atom. The third-order valence-electron chi connectivity index (χ3n) is 5.39. The quantitative estimate of drug-likeness (QED) is 0.354. The van der Waals surface area contributed by atoms with Crippen molar-refractivity contribution in [2.24, 2.45) is 5.41 Å². The first-order chi connectivity index (χ1) is 11.5. The molecule has 25 heavy (non-hydrogen) atoms. The minimum absolute atomic E-state index is 0.0132. The molecular formula is C18H25N3O4. The monoisotopic (exact) mass is 347 g/mol. The van der Waals surface area contributed by atoms with Gasteiger partial charge in [0.2, 0.25) is 0 Å². The fourth-order valence-electron chi connectivity index (χ4n) is 4.12. The van der Waals surface area contributed by atoms with E-state index < -0.39 is 16.3 Å². The van der Waals surface area contributed by atoms with Gasteiger partial charge in [0.1, 0.15) is 11.4 Å². The highest BCUT2D eigenvalue weighted by Gasteiger charge is 2.54. The minimum Gasteiger partial charge on any atom is -0.426 e. The molecule has 136 valence electrons. The molecule has 0 saturated carbocycles. The lowest BCUT2D eigenvalue weighted by molar-refractivity contribution is -0.384. The third-order valence-corrected chi connectivity index (χ3v) is 5.39. The molecule has 3 rings (SSSR count). The molecule has 0 spiro atoms. The van der Waals surface area contributed by atoms with Crippen LogP contribution >= 0.6 is 0 Å². The molecule has 2 aliphatic heterocycles. The van der Waals surface area contributed by atoms with Gasteiger partial charge in [-0.15, -0.1) is 0 Å². The van der Waals surface area contributed by atoms with E-state index in [0.29, 0.717) is 5.69 Å². The highest BCUT2D eigenvalue weighted by molar-refractivity contribution is 5.81. The fraction of sp³-hybridized carbons (Fsp3) is 0.611. The third kappa shape index (κ3) is 2.57. The van der Waals surface area contributed by atoms with Crippen LogP contribution < -0.4 is 9.64 Å². The molecule has 1 saturated heterocycles. The number of rotatable bonds is 2. The minimum atomic E-state index is -0.676. The van der Waals surface area contributed by atoms with Gasteiger partial charge in [-0.25, -0.2) is 0 Å². The van der Waals surface area contributed by atoms with Crippen molar-refractivity contribution in [1.29, 1.82) is 0 Å². The van der Waals surface area contributed by atoms with Crippen molar-refractivity contribution in [3.05, 3.63) is 27.8 Å². The molecule has 0 amide bonds. The Morgan fingerprint density at radius 3 is 2.56 bits per heavy atom. The largest absolute Gasteiger partial charge is 0.426 e. The maximum atomic E-state index is 12.2. The molecule has 2 heterocycles. The average molecular weight is 347 g/mol. The fourth-order valence-corrected chi connectivity index (χ4v) is 4.12. The Morgan fingerprint density at radius 1 is 1.36 bits per heavy atom. The number of anilines is 1. The first-order valence-corrected chi connectivity index (χ1v) is 8.45. The summed E-state index contributed by atoms with van der Waals surface area (Å²) in [7, 11) is 3.93. The number of nitro groups is 1. The van der Waals surface area contributed by atoms with Crippen LogP contribution in [-0.2, 0) is 10.2 Å². The molecule has 0 aromatic heterocycles. The van der Waals surface area contributed by atoms with Crippen LogP contribution in [0.25, 0.3) is 0 Å². The molecule has 1 aromatic rings. The molecule has 1 aromatic carbocycles. The average Bonchev–Trinajstić information content (AvgIpc) is 2.91. The van der Waals surface area contributed by atoms with Crippen LogP contribution in [-0.4, -0.2) is 42.6 Å². The topological polar surface area (TPSA) is 75.9 Å². The van der Waals surface area contributed by atoms with Crippen LogP contribution in [0.1, 0.15) is 39.7 Å². The van der Waals surface area contributed by atoms with Crippen molar-refractivity contribution < 1.29 is 14.5 Å². The lowest BCUT2D eigenvalue weighted by Crippen LogP contribution is -2.45. The van der Waals surface area contributed by atoms with E-state index in [1.165, 1.54) is 6.07 Å². The van der Waals surface area contributed by atoms with E-state index in [4.69, 9.17) is 4.74 Å². The Balaban J connectivity index is 2.13. The zero-order valence-electron chi connectivity index (χ0n) is 15.6. The summed E-state index contributed by atoms with van der Waals surface area (Å²) in [6, 6.07) is 3.17. The van der Waals surface area contributed by atoms with E-state index in [9.17, 15) is 14.9 Å². The van der Waals surface area contributed by atoms with Crippen molar-refractivity contribution in [2.75, 3.05) is 25.5 Å². The van der Waals surface area contributed by atoms with E-state index in [1.807, 2.05) is 25.1 Å². The van der Waals surface area contributed by atoms with Gasteiger partial charge < -0.3 is 9.64 Å². The van der Waals surface area contributed by atoms with Crippen LogP contribution in [0.4, 0.5) is 11.4 Å². The van der Waals surface area contributed by atoms with E-state index in [1.54, 1.807) is 20.8 Å². The van der Waals surface area contributed by atoms with Crippen LogP contribution in [0.3, 0.4) is 0 Å². The molecule has 0 radical (unpaired) electrons. The van der Waals surface area contributed by atoms with Gasteiger partial charge in [-0.2, -0.15) is 0 Å². The summed E-state index contributed by atoms with van der Waals surface area (Å²) in [4.78, 5) is 27.7. The number of likely N-dealkylation sites (tertiary alicyclic amines) is 1. The number of fused-ring (bicyclic) bond motifs is 3. The molecule has 0 bridgehead atoms. The van der Waals surface area contributed by atoms with Gasteiger partial charge in [0.25, 0.3) is 5.69 Å². The first-order valence-electron chi connectivity index (χ1n) is 8.45. The van der Waals surface area contributed by atoms with Gasteiger partial charge in [-0.1, -0.05) is 6.92 Å². The maximum Gasteiger partial charge on any atom is 0.316 e. The van der Waals surface area contributed by atoms with Crippen LogP contribution in [0.5, 0.6) is 5.75 Å². The number of nitrogens with zero attached hydrogens (tertiary/aromatic N) is 3. The molecule has 2 atom stereocenters. The summed E-state index contributed by atoms with van der Waals surface area (Å²) >= 11 is 0. The second kappa shape index (κ2) is 5.42. The number of nitro benzene ring substituents is 1. The number of benzene rings is 1. The summed E-state index contributed by atoms with van der Waals surface area (Å²) in [6.07, 6.45) is 0.967. The van der Waals surface area contributed by atoms with Gasteiger partial charge in [0.15, 0.2) is 0 Å². The molecule has 0 N–H and O–H groups in total. The highest BCUT2D eigenvalue weighted by Crippen LogP contribution is 2.55.